The first kappa shape index (κ1) is 15.4. The van der Waals surface area contributed by atoms with Gasteiger partial charge in [0.2, 0.25) is 5.91 Å². The van der Waals surface area contributed by atoms with Crippen LogP contribution in [-0.4, -0.2) is 30.5 Å². The molecule has 0 aliphatic carbocycles. The number of amides is 1. The van der Waals surface area contributed by atoms with Crippen LogP contribution in [0.2, 0.25) is 0 Å². The Bertz CT molecular complexity index is 390. The van der Waals surface area contributed by atoms with Gasteiger partial charge in [0.1, 0.15) is 0 Å². The third-order valence-electron chi connectivity index (χ3n) is 3.11. The zero-order valence-corrected chi connectivity index (χ0v) is 12.4. The summed E-state index contributed by atoms with van der Waals surface area (Å²) >= 11 is 1.55. The highest BCUT2D eigenvalue weighted by molar-refractivity contribution is 7.14. The van der Waals surface area contributed by atoms with Crippen molar-refractivity contribution in [2.45, 2.75) is 26.7 Å². The zero-order valence-electron chi connectivity index (χ0n) is 10.8. The largest absolute Gasteiger partial charge is 0.317 e. The fourth-order valence-electron chi connectivity index (χ4n) is 2.14. The van der Waals surface area contributed by atoms with Crippen LogP contribution >= 0.6 is 23.7 Å². The first-order valence-corrected chi connectivity index (χ1v) is 7.04. The van der Waals surface area contributed by atoms with Crippen molar-refractivity contribution < 1.29 is 4.79 Å². The van der Waals surface area contributed by atoms with Crippen molar-refractivity contribution in [2.75, 3.05) is 24.5 Å². The van der Waals surface area contributed by atoms with Crippen LogP contribution in [0.15, 0.2) is 5.38 Å². The van der Waals surface area contributed by atoms with Gasteiger partial charge in [-0.15, -0.1) is 23.7 Å². The van der Waals surface area contributed by atoms with Crippen molar-refractivity contribution in [2.24, 2.45) is 5.92 Å². The third-order valence-corrected chi connectivity index (χ3v) is 4.09. The van der Waals surface area contributed by atoms with Gasteiger partial charge in [0.05, 0.1) is 5.69 Å². The summed E-state index contributed by atoms with van der Waals surface area (Å²) < 4.78 is 0. The van der Waals surface area contributed by atoms with Gasteiger partial charge in [-0.3, -0.25) is 9.69 Å². The Morgan fingerprint density at radius 2 is 2.22 bits per heavy atom. The first-order chi connectivity index (χ1) is 8.22. The Morgan fingerprint density at radius 1 is 1.56 bits per heavy atom. The Kier molecular flexibility index (Phi) is 6.05. The number of halogens is 1. The minimum Gasteiger partial charge on any atom is -0.317 e. The smallest absolute Gasteiger partial charge is 0.231 e. The molecule has 0 spiro atoms. The fraction of sp³-hybridized carbons (Fsp3) is 0.667. The summed E-state index contributed by atoms with van der Waals surface area (Å²) in [6.45, 7) is 6.57. The second kappa shape index (κ2) is 7.07. The summed E-state index contributed by atoms with van der Waals surface area (Å²) in [5.74, 6) is 0.406. The number of hydrogen-bond acceptors (Lipinski definition) is 4. The van der Waals surface area contributed by atoms with Crippen LogP contribution < -0.4 is 10.2 Å². The van der Waals surface area contributed by atoms with Gasteiger partial charge in [-0.2, -0.15) is 0 Å². The quantitative estimate of drug-likeness (QED) is 0.928. The molecule has 0 bridgehead atoms. The lowest BCUT2D eigenvalue weighted by atomic mass is 9.97. The first-order valence-electron chi connectivity index (χ1n) is 6.16. The highest BCUT2D eigenvalue weighted by atomic mass is 35.5. The number of piperidine rings is 1. The summed E-state index contributed by atoms with van der Waals surface area (Å²) in [5, 5.41) is 6.12. The lowest BCUT2D eigenvalue weighted by molar-refractivity contribution is -0.123. The average Bonchev–Trinajstić information content (AvgIpc) is 2.78. The van der Waals surface area contributed by atoms with E-state index in [1.165, 1.54) is 0 Å². The highest BCUT2D eigenvalue weighted by Gasteiger charge is 2.27. The number of anilines is 1. The van der Waals surface area contributed by atoms with Crippen LogP contribution in [0.3, 0.4) is 0 Å². The van der Waals surface area contributed by atoms with Crippen molar-refractivity contribution in [3.05, 3.63) is 11.1 Å². The van der Waals surface area contributed by atoms with Gasteiger partial charge in [0.25, 0.3) is 0 Å². The van der Waals surface area contributed by atoms with Gasteiger partial charge in [0.15, 0.2) is 5.13 Å². The number of aromatic nitrogens is 1. The second-order valence-corrected chi connectivity index (χ2v) is 5.21. The van der Waals surface area contributed by atoms with E-state index in [1.54, 1.807) is 11.3 Å². The molecule has 1 amide bonds. The van der Waals surface area contributed by atoms with E-state index < -0.39 is 0 Å². The molecule has 0 atom stereocenters. The third kappa shape index (κ3) is 3.43. The molecule has 4 nitrogen and oxygen atoms in total. The predicted molar refractivity (Wildman–Crippen MR) is 77.7 cm³/mol. The normalized spacial score (nSPS) is 16.1. The van der Waals surface area contributed by atoms with Gasteiger partial charge < -0.3 is 5.32 Å². The van der Waals surface area contributed by atoms with Crippen molar-refractivity contribution >= 4 is 34.8 Å². The van der Waals surface area contributed by atoms with Gasteiger partial charge >= 0.3 is 0 Å². The van der Waals surface area contributed by atoms with Crippen LogP contribution in [-0.2, 0) is 4.79 Å². The molecule has 1 saturated heterocycles. The van der Waals surface area contributed by atoms with Crippen molar-refractivity contribution in [3.8, 4) is 0 Å². The lowest BCUT2D eigenvalue weighted by Crippen LogP contribution is -2.41. The monoisotopic (exact) mass is 289 g/mol. The Morgan fingerprint density at radius 3 is 2.72 bits per heavy atom. The Labute approximate surface area is 118 Å². The van der Waals surface area contributed by atoms with E-state index in [9.17, 15) is 4.79 Å². The zero-order chi connectivity index (χ0) is 12.3. The maximum Gasteiger partial charge on any atom is 0.231 e. The van der Waals surface area contributed by atoms with Crippen LogP contribution in [0.1, 0.15) is 25.5 Å². The number of nitrogens with one attached hydrogen (secondary N) is 1. The molecule has 1 aliphatic rings. The minimum absolute atomic E-state index is 0. The number of hydrogen-bond donors (Lipinski definition) is 1. The van der Waals surface area contributed by atoms with Gasteiger partial charge in [-0.1, -0.05) is 0 Å². The number of carbonyl (C=O) groups is 1. The van der Waals surface area contributed by atoms with Crippen LogP contribution in [0.4, 0.5) is 5.13 Å². The molecule has 0 radical (unpaired) electrons. The number of rotatable bonds is 3. The molecule has 0 saturated carbocycles. The van der Waals surface area contributed by atoms with Crippen molar-refractivity contribution in [3.63, 3.8) is 0 Å². The molecular formula is C12H20ClN3OS. The Balaban J connectivity index is 0.00000162. The molecule has 1 aromatic rings. The van der Waals surface area contributed by atoms with Crippen LogP contribution in [0, 0.1) is 12.8 Å². The maximum atomic E-state index is 12.4. The SMILES string of the molecule is CCN(C(=O)C1CCNCC1)c1nc(C)cs1.Cl. The molecule has 2 rings (SSSR count). The van der Waals surface area contributed by atoms with E-state index in [-0.39, 0.29) is 24.2 Å². The van der Waals surface area contributed by atoms with Gasteiger partial charge in [-0.05, 0) is 39.8 Å². The summed E-state index contributed by atoms with van der Waals surface area (Å²) in [4.78, 5) is 18.6. The predicted octanol–water partition coefficient (Wildman–Crippen LogP) is 2.23. The fourth-order valence-corrected chi connectivity index (χ4v) is 3.01. The molecule has 102 valence electrons. The lowest BCUT2D eigenvalue weighted by Gasteiger charge is -2.27. The van der Waals surface area contributed by atoms with E-state index in [4.69, 9.17) is 0 Å². The summed E-state index contributed by atoms with van der Waals surface area (Å²) in [6, 6.07) is 0. The van der Waals surface area contributed by atoms with E-state index in [0.29, 0.717) is 6.54 Å². The number of nitrogens with zero attached hydrogens (tertiary/aromatic N) is 2. The van der Waals surface area contributed by atoms with E-state index in [2.05, 4.69) is 10.3 Å². The second-order valence-electron chi connectivity index (χ2n) is 4.38. The topological polar surface area (TPSA) is 45.2 Å². The summed E-state index contributed by atoms with van der Waals surface area (Å²) in [7, 11) is 0. The molecule has 1 aliphatic heterocycles. The molecule has 0 unspecified atom stereocenters. The standard InChI is InChI=1S/C12H19N3OS.ClH/c1-3-15(12-14-9(2)8-17-12)11(16)10-4-6-13-7-5-10;/h8,10,13H,3-7H2,1-2H3;1H. The molecule has 6 heteroatoms. The molecule has 1 N–H and O–H groups in total. The van der Waals surface area contributed by atoms with Gasteiger partial charge in [0, 0.05) is 17.8 Å². The van der Waals surface area contributed by atoms with Crippen molar-refractivity contribution in [1.82, 2.24) is 10.3 Å². The number of carbonyl (C=O) groups excluding carboxylic acids is 1. The van der Waals surface area contributed by atoms with Crippen LogP contribution in [0.5, 0.6) is 0 Å². The van der Waals surface area contributed by atoms with Crippen LogP contribution in [0.25, 0.3) is 0 Å². The average molecular weight is 290 g/mol. The summed E-state index contributed by atoms with van der Waals surface area (Å²) in [6.07, 6.45) is 1.89. The molecule has 0 aromatic carbocycles. The van der Waals surface area contributed by atoms with Gasteiger partial charge in [-0.25, -0.2) is 4.98 Å². The van der Waals surface area contributed by atoms with E-state index in [0.717, 1.165) is 36.8 Å². The number of aryl methyl sites for hydroxylation is 1. The Hall–Kier alpha value is -0.650. The highest BCUT2D eigenvalue weighted by Crippen LogP contribution is 2.24. The molecule has 1 fully saturated rings. The maximum absolute atomic E-state index is 12.4. The summed E-state index contributed by atoms with van der Waals surface area (Å²) in [5.41, 5.74) is 0.988. The van der Waals surface area contributed by atoms with Crippen molar-refractivity contribution in [1.29, 1.82) is 0 Å². The molecule has 18 heavy (non-hydrogen) atoms. The van der Waals surface area contributed by atoms with E-state index in [1.807, 2.05) is 24.1 Å². The molecule has 2 heterocycles. The van der Waals surface area contributed by atoms with E-state index >= 15 is 0 Å². The molecule has 1 aromatic heterocycles. The minimum atomic E-state index is 0. The number of thiazole rings is 1. The molecular weight excluding hydrogens is 270 g/mol.